The molecule has 0 aliphatic carbocycles. The number of benzene rings is 1. The van der Waals surface area contributed by atoms with Crippen LogP contribution >= 0.6 is 0 Å². The average Bonchev–Trinajstić information content (AvgIpc) is 2.72. The molecule has 1 saturated heterocycles. The molecule has 0 bridgehead atoms. The molecule has 7 nitrogen and oxygen atoms in total. The number of hydrogen-bond donors (Lipinski definition) is 3. The van der Waals surface area contributed by atoms with E-state index in [0.717, 1.165) is 37.3 Å². The lowest BCUT2D eigenvalue weighted by Crippen LogP contribution is -2.46. The standard InChI is InChI=1S/C21H29N5O2/c1-15-19(20(27)24-22)9-8-17(23-15)14-26(18-6-4-3-5-7-18)21(28)16-10-12-25(2)13-11-16/h3-9,15-16,23H,10-14,22H2,1-2H3,(H,24,27). The Morgan fingerprint density at radius 3 is 2.50 bits per heavy atom. The van der Waals surface area contributed by atoms with E-state index in [9.17, 15) is 9.59 Å². The maximum Gasteiger partial charge on any atom is 0.263 e. The van der Waals surface area contributed by atoms with Crippen LogP contribution in [0, 0.1) is 5.92 Å². The molecule has 150 valence electrons. The van der Waals surface area contributed by atoms with Crippen molar-refractivity contribution < 1.29 is 9.59 Å². The molecule has 4 N–H and O–H groups in total. The number of anilines is 1. The number of amides is 2. The van der Waals surface area contributed by atoms with Gasteiger partial charge >= 0.3 is 0 Å². The van der Waals surface area contributed by atoms with Crippen molar-refractivity contribution in [1.29, 1.82) is 0 Å². The molecule has 1 fully saturated rings. The summed E-state index contributed by atoms with van der Waals surface area (Å²) in [5.74, 6) is 5.13. The van der Waals surface area contributed by atoms with E-state index in [4.69, 9.17) is 5.84 Å². The second-order valence-electron chi connectivity index (χ2n) is 7.49. The third-order valence-electron chi connectivity index (χ3n) is 5.46. The van der Waals surface area contributed by atoms with Crippen molar-refractivity contribution in [1.82, 2.24) is 15.6 Å². The van der Waals surface area contributed by atoms with Gasteiger partial charge in [-0.15, -0.1) is 0 Å². The van der Waals surface area contributed by atoms with Crippen molar-refractivity contribution in [3.8, 4) is 0 Å². The maximum atomic E-state index is 13.3. The van der Waals surface area contributed by atoms with Gasteiger partial charge in [-0.05, 0) is 64.2 Å². The van der Waals surface area contributed by atoms with Crippen LogP contribution in [-0.4, -0.2) is 49.4 Å². The summed E-state index contributed by atoms with van der Waals surface area (Å²) in [5, 5.41) is 3.32. The summed E-state index contributed by atoms with van der Waals surface area (Å²) in [6.45, 7) is 4.22. The lowest BCUT2D eigenvalue weighted by Gasteiger charge is -2.34. The molecule has 1 unspecified atom stereocenters. The minimum atomic E-state index is -0.308. The third-order valence-corrected chi connectivity index (χ3v) is 5.46. The summed E-state index contributed by atoms with van der Waals surface area (Å²) < 4.78 is 0. The Balaban J connectivity index is 1.81. The number of piperidine rings is 1. The number of nitrogens with zero attached hydrogens (tertiary/aromatic N) is 2. The van der Waals surface area contributed by atoms with Crippen LogP contribution in [0.4, 0.5) is 5.69 Å². The minimum absolute atomic E-state index is 0.0344. The predicted octanol–water partition coefficient (Wildman–Crippen LogP) is 1.15. The van der Waals surface area contributed by atoms with Gasteiger partial charge in [0.15, 0.2) is 0 Å². The van der Waals surface area contributed by atoms with Crippen LogP contribution in [-0.2, 0) is 9.59 Å². The number of dihydropyridines is 1. The number of para-hydroxylation sites is 1. The number of nitrogens with one attached hydrogen (secondary N) is 2. The molecule has 1 aromatic carbocycles. The number of hydrogen-bond acceptors (Lipinski definition) is 5. The van der Waals surface area contributed by atoms with Crippen LogP contribution in [0.1, 0.15) is 19.8 Å². The highest BCUT2D eigenvalue weighted by Crippen LogP contribution is 2.24. The highest BCUT2D eigenvalue weighted by molar-refractivity contribution is 5.96. The third kappa shape index (κ3) is 4.61. The number of likely N-dealkylation sites (tertiary alicyclic amines) is 1. The molecule has 1 aromatic rings. The largest absolute Gasteiger partial charge is 0.380 e. The fraction of sp³-hybridized carbons (Fsp3) is 0.429. The fourth-order valence-corrected chi connectivity index (χ4v) is 3.74. The normalized spacial score (nSPS) is 20.6. The van der Waals surface area contributed by atoms with Gasteiger partial charge in [-0.25, -0.2) is 5.84 Å². The predicted molar refractivity (Wildman–Crippen MR) is 110 cm³/mol. The highest BCUT2D eigenvalue weighted by atomic mass is 16.2. The van der Waals surface area contributed by atoms with E-state index >= 15 is 0 Å². The zero-order valence-electron chi connectivity index (χ0n) is 16.5. The Labute approximate surface area is 166 Å². The van der Waals surface area contributed by atoms with Crippen molar-refractivity contribution >= 4 is 17.5 Å². The molecule has 3 rings (SSSR count). The van der Waals surface area contributed by atoms with E-state index in [0.29, 0.717) is 12.1 Å². The molecule has 2 aliphatic rings. The van der Waals surface area contributed by atoms with Gasteiger partial charge in [0.1, 0.15) is 0 Å². The minimum Gasteiger partial charge on any atom is -0.380 e. The first-order chi connectivity index (χ1) is 13.5. The molecular weight excluding hydrogens is 354 g/mol. The Kier molecular flexibility index (Phi) is 6.49. The number of carbonyl (C=O) groups is 2. The van der Waals surface area contributed by atoms with Crippen molar-refractivity contribution in [2.24, 2.45) is 11.8 Å². The Hall–Kier alpha value is -2.64. The molecule has 2 heterocycles. The molecule has 7 heteroatoms. The molecule has 28 heavy (non-hydrogen) atoms. The first-order valence-corrected chi connectivity index (χ1v) is 9.72. The van der Waals surface area contributed by atoms with Crippen molar-refractivity contribution in [2.45, 2.75) is 25.8 Å². The number of carbonyl (C=O) groups excluding carboxylic acids is 2. The van der Waals surface area contributed by atoms with Crippen molar-refractivity contribution in [3.05, 3.63) is 53.8 Å². The topological polar surface area (TPSA) is 90.7 Å². The van der Waals surface area contributed by atoms with Crippen LogP contribution < -0.4 is 21.5 Å². The van der Waals surface area contributed by atoms with Gasteiger partial charge in [-0.2, -0.15) is 0 Å². The zero-order chi connectivity index (χ0) is 20.1. The Morgan fingerprint density at radius 2 is 1.89 bits per heavy atom. The average molecular weight is 383 g/mol. The van der Waals surface area contributed by atoms with Crippen LogP contribution in [0.15, 0.2) is 53.8 Å². The van der Waals surface area contributed by atoms with Crippen LogP contribution in [0.3, 0.4) is 0 Å². The molecule has 0 saturated carbocycles. The van der Waals surface area contributed by atoms with Gasteiger partial charge in [-0.1, -0.05) is 18.2 Å². The molecular formula is C21H29N5O2. The summed E-state index contributed by atoms with van der Waals surface area (Å²) >= 11 is 0. The number of rotatable bonds is 5. The second-order valence-corrected chi connectivity index (χ2v) is 7.49. The number of nitrogens with two attached hydrogens (primary N) is 1. The second kappa shape index (κ2) is 9.03. The summed E-state index contributed by atoms with van der Waals surface area (Å²) in [6, 6.07) is 9.58. The van der Waals surface area contributed by atoms with E-state index in [-0.39, 0.29) is 23.8 Å². The molecule has 0 spiro atoms. The smallest absolute Gasteiger partial charge is 0.263 e. The SMILES string of the molecule is CC1NC(CN(C(=O)C2CCN(C)CC2)c2ccccc2)=CC=C1C(=O)NN. The Bertz CT molecular complexity index is 766. The van der Waals surface area contributed by atoms with E-state index in [1.54, 1.807) is 6.08 Å². The summed E-state index contributed by atoms with van der Waals surface area (Å²) in [6.07, 6.45) is 5.37. The van der Waals surface area contributed by atoms with Crippen molar-refractivity contribution in [2.75, 3.05) is 31.6 Å². The van der Waals surface area contributed by atoms with E-state index < -0.39 is 0 Å². The van der Waals surface area contributed by atoms with Crippen molar-refractivity contribution in [3.63, 3.8) is 0 Å². The van der Waals surface area contributed by atoms with Gasteiger partial charge in [-0.3, -0.25) is 15.0 Å². The lowest BCUT2D eigenvalue weighted by molar-refractivity contribution is -0.123. The summed E-state index contributed by atoms with van der Waals surface area (Å²) in [5.41, 5.74) is 4.52. The van der Waals surface area contributed by atoms with Gasteiger partial charge in [0.05, 0.1) is 12.6 Å². The van der Waals surface area contributed by atoms with Crippen LogP contribution in [0.25, 0.3) is 0 Å². The quantitative estimate of drug-likeness (QED) is 0.403. The van der Waals surface area contributed by atoms with Gasteiger partial charge in [0, 0.05) is 22.9 Å². The lowest BCUT2D eigenvalue weighted by atomic mass is 9.95. The van der Waals surface area contributed by atoms with Gasteiger partial charge in [0.25, 0.3) is 5.91 Å². The zero-order valence-corrected chi connectivity index (χ0v) is 16.5. The fourth-order valence-electron chi connectivity index (χ4n) is 3.74. The molecule has 1 atom stereocenters. The van der Waals surface area contributed by atoms with E-state index in [1.165, 1.54) is 0 Å². The summed E-state index contributed by atoms with van der Waals surface area (Å²) in [7, 11) is 2.09. The molecule has 2 amide bonds. The van der Waals surface area contributed by atoms with Gasteiger partial charge < -0.3 is 15.1 Å². The van der Waals surface area contributed by atoms with Crippen LogP contribution in [0.2, 0.25) is 0 Å². The molecule has 0 aromatic heterocycles. The number of allylic oxidation sites excluding steroid dienone is 2. The van der Waals surface area contributed by atoms with E-state index in [2.05, 4.69) is 22.7 Å². The van der Waals surface area contributed by atoms with Gasteiger partial charge in [0.2, 0.25) is 5.91 Å². The van der Waals surface area contributed by atoms with Crippen LogP contribution in [0.5, 0.6) is 0 Å². The first kappa shape index (κ1) is 20.1. The first-order valence-electron chi connectivity index (χ1n) is 9.72. The van der Waals surface area contributed by atoms with E-state index in [1.807, 2.05) is 48.2 Å². The summed E-state index contributed by atoms with van der Waals surface area (Å²) in [4.78, 5) is 29.3. The highest BCUT2D eigenvalue weighted by Gasteiger charge is 2.29. The number of hydrazine groups is 1. The maximum absolute atomic E-state index is 13.3. The molecule has 0 radical (unpaired) electrons. The monoisotopic (exact) mass is 383 g/mol. The molecule has 2 aliphatic heterocycles. The Morgan fingerprint density at radius 1 is 1.21 bits per heavy atom.